The number of thioether (sulfide) groups is 1. The zero-order chi connectivity index (χ0) is 13.5. The Morgan fingerprint density at radius 3 is 2.70 bits per heavy atom. The van der Waals surface area contributed by atoms with Crippen molar-refractivity contribution in [1.82, 2.24) is 14.8 Å². The molecule has 0 aliphatic heterocycles. The summed E-state index contributed by atoms with van der Waals surface area (Å²) in [6.45, 7) is 1.24. The summed E-state index contributed by atoms with van der Waals surface area (Å²) in [5.41, 5.74) is 5.52. The SMILES string of the molecule is Cl.Cn1c(CCN)nnc1SCCOc1ccccc1. The molecule has 2 rings (SSSR count). The smallest absolute Gasteiger partial charge is 0.191 e. The maximum Gasteiger partial charge on any atom is 0.191 e. The number of benzene rings is 1. The maximum atomic E-state index is 5.62. The molecule has 2 N–H and O–H groups in total. The van der Waals surface area contributed by atoms with Crippen molar-refractivity contribution >= 4 is 24.2 Å². The Hall–Kier alpha value is -1.24. The summed E-state index contributed by atoms with van der Waals surface area (Å²) in [4.78, 5) is 0. The van der Waals surface area contributed by atoms with Crippen LogP contribution in [0, 0.1) is 0 Å². The molecule has 0 atom stereocenters. The van der Waals surface area contributed by atoms with Gasteiger partial charge in [-0.2, -0.15) is 0 Å². The summed E-state index contributed by atoms with van der Waals surface area (Å²) >= 11 is 1.64. The van der Waals surface area contributed by atoms with Crippen molar-refractivity contribution in [1.29, 1.82) is 0 Å². The molecule has 0 aliphatic rings. The third-order valence-corrected chi connectivity index (χ3v) is 3.60. The van der Waals surface area contributed by atoms with Crippen LogP contribution in [0.15, 0.2) is 35.5 Å². The van der Waals surface area contributed by atoms with E-state index in [1.165, 1.54) is 0 Å². The van der Waals surface area contributed by atoms with Gasteiger partial charge in [0, 0.05) is 19.2 Å². The molecular weight excluding hydrogens is 296 g/mol. The molecule has 0 spiro atoms. The van der Waals surface area contributed by atoms with Crippen LogP contribution in [0.3, 0.4) is 0 Å². The van der Waals surface area contributed by atoms with Crippen LogP contribution in [0.5, 0.6) is 5.75 Å². The Balaban J connectivity index is 0.00000200. The fraction of sp³-hybridized carbons (Fsp3) is 0.385. The van der Waals surface area contributed by atoms with E-state index in [1.807, 2.05) is 41.9 Å². The lowest BCUT2D eigenvalue weighted by atomic mass is 10.3. The molecule has 1 aromatic heterocycles. The summed E-state index contributed by atoms with van der Waals surface area (Å²) in [7, 11) is 1.96. The summed E-state index contributed by atoms with van der Waals surface area (Å²) in [5, 5.41) is 9.16. The first-order chi connectivity index (χ1) is 9.31. The van der Waals surface area contributed by atoms with E-state index in [0.717, 1.165) is 28.9 Å². The Labute approximate surface area is 129 Å². The van der Waals surface area contributed by atoms with E-state index in [4.69, 9.17) is 10.5 Å². The highest BCUT2D eigenvalue weighted by molar-refractivity contribution is 7.99. The number of ether oxygens (including phenoxy) is 1. The normalized spacial score (nSPS) is 10.1. The van der Waals surface area contributed by atoms with E-state index < -0.39 is 0 Å². The van der Waals surface area contributed by atoms with Gasteiger partial charge < -0.3 is 15.0 Å². The Bertz CT molecular complexity index is 506. The molecular formula is C13H19ClN4OS. The molecule has 0 radical (unpaired) electrons. The molecule has 20 heavy (non-hydrogen) atoms. The first kappa shape index (κ1) is 16.8. The predicted molar refractivity (Wildman–Crippen MR) is 83.7 cm³/mol. The quantitative estimate of drug-likeness (QED) is 0.624. The maximum absolute atomic E-state index is 5.62. The van der Waals surface area contributed by atoms with Gasteiger partial charge in [-0.05, 0) is 18.7 Å². The van der Waals surface area contributed by atoms with Gasteiger partial charge in [-0.25, -0.2) is 0 Å². The zero-order valence-electron chi connectivity index (χ0n) is 11.4. The minimum absolute atomic E-state index is 0. The molecule has 0 aliphatic carbocycles. The van der Waals surface area contributed by atoms with Gasteiger partial charge in [-0.3, -0.25) is 0 Å². The number of aromatic nitrogens is 3. The minimum Gasteiger partial charge on any atom is -0.493 e. The van der Waals surface area contributed by atoms with Crippen molar-refractivity contribution in [3.63, 3.8) is 0 Å². The van der Waals surface area contributed by atoms with Crippen LogP contribution in [-0.4, -0.2) is 33.7 Å². The first-order valence-electron chi connectivity index (χ1n) is 6.20. The van der Waals surface area contributed by atoms with Gasteiger partial charge in [-0.15, -0.1) is 22.6 Å². The number of hydrogen-bond donors (Lipinski definition) is 1. The lowest BCUT2D eigenvalue weighted by Crippen LogP contribution is -2.08. The van der Waals surface area contributed by atoms with Crippen LogP contribution < -0.4 is 10.5 Å². The molecule has 2 aromatic rings. The molecule has 0 saturated carbocycles. The van der Waals surface area contributed by atoms with Crippen molar-refractivity contribution in [2.45, 2.75) is 11.6 Å². The molecule has 0 saturated heterocycles. The topological polar surface area (TPSA) is 66.0 Å². The fourth-order valence-electron chi connectivity index (χ4n) is 1.63. The highest BCUT2D eigenvalue weighted by Gasteiger charge is 2.07. The summed E-state index contributed by atoms with van der Waals surface area (Å²) in [6.07, 6.45) is 0.755. The van der Waals surface area contributed by atoms with Crippen molar-refractivity contribution in [3.8, 4) is 5.75 Å². The number of halogens is 1. The molecule has 0 amide bonds. The highest BCUT2D eigenvalue weighted by Crippen LogP contribution is 2.16. The van der Waals surface area contributed by atoms with E-state index >= 15 is 0 Å². The van der Waals surface area contributed by atoms with Gasteiger partial charge in [0.25, 0.3) is 0 Å². The van der Waals surface area contributed by atoms with Gasteiger partial charge >= 0.3 is 0 Å². The Morgan fingerprint density at radius 1 is 1.25 bits per heavy atom. The molecule has 7 heteroatoms. The summed E-state index contributed by atoms with van der Waals surface area (Å²) < 4.78 is 7.61. The third kappa shape index (κ3) is 4.70. The summed E-state index contributed by atoms with van der Waals surface area (Å²) in [6, 6.07) is 9.80. The second-order valence-corrected chi connectivity index (χ2v) is 5.07. The lowest BCUT2D eigenvalue weighted by Gasteiger charge is -2.05. The average Bonchev–Trinajstić information content (AvgIpc) is 2.78. The number of rotatable bonds is 7. The summed E-state index contributed by atoms with van der Waals surface area (Å²) in [5.74, 6) is 2.66. The first-order valence-corrected chi connectivity index (χ1v) is 7.19. The molecule has 0 fully saturated rings. The van der Waals surface area contributed by atoms with E-state index in [9.17, 15) is 0 Å². The van der Waals surface area contributed by atoms with Crippen molar-refractivity contribution in [2.75, 3.05) is 18.9 Å². The Morgan fingerprint density at radius 2 is 2.00 bits per heavy atom. The van der Waals surface area contributed by atoms with Crippen LogP contribution in [0.25, 0.3) is 0 Å². The monoisotopic (exact) mass is 314 g/mol. The second-order valence-electron chi connectivity index (χ2n) is 4.01. The number of hydrogen-bond acceptors (Lipinski definition) is 5. The molecule has 0 unspecified atom stereocenters. The fourth-order valence-corrected chi connectivity index (χ4v) is 2.37. The molecule has 110 valence electrons. The van der Waals surface area contributed by atoms with Gasteiger partial charge in [0.15, 0.2) is 5.16 Å². The van der Waals surface area contributed by atoms with Crippen LogP contribution in [0.2, 0.25) is 0 Å². The van der Waals surface area contributed by atoms with Gasteiger partial charge in [0.05, 0.1) is 6.61 Å². The lowest BCUT2D eigenvalue weighted by molar-refractivity contribution is 0.344. The van der Waals surface area contributed by atoms with Crippen molar-refractivity contribution in [2.24, 2.45) is 12.8 Å². The van der Waals surface area contributed by atoms with Gasteiger partial charge in [0.2, 0.25) is 0 Å². The Kier molecular flexibility index (Phi) is 7.43. The standard InChI is InChI=1S/C13H18N4OS.ClH/c1-17-12(7-8-14)15-16-13(17)19-10-9-18-11-5-3-2-4-6-11;/h2-6H,7-10,14H2,1H3;1H. The highest BCUT2D eigenvalue weighted by atomic mass is 35.5. The van der Waals surface area contributed by atoms with E-state index in [2.05, 4.69) is 10.2 Å². The zero-order valence-corrected chi connectivity index (χ0v) is 13.0. The average molecular weight is 315 g/mol. The van der Waals surface area contributed by atoms with Crippen molar-refractivity contribution in [3.05, 3.63) is 36.2 Å². The van der Waals surface area contributed by atoms with E-state index in [1.54, 1.807) is 11.8 Å². The van der Waals surface area contributed by atoms with E-state index in [-0.39, 0.29) is 12.4 Å². The van der Waals surface area contributed by atoms with Crippen LogP contribution >= 0.6 is 24.2 Å². The predicted octanol–water partition coefficient (Wildman–Crippen LogP) is 1.91. The third-order valence-electron chi connectivity index (χ3n) is 2.62. The minimum atomic E-state index is 0. The number of para-hydroxylation sites is 1. The number of nitrogens with zero attached hydrogens (tertiary/aromatic N) is 3. The van der Waals surface area contributed by atoms with Crippen LogP contribution in [0.4, 0.5) is 0 Å². The van der Waals surface area contributed by atoms with Gasteiger partial charge in [-0.1, -0.05) is 30.0 Å². The largest absolute Gasteiger partial charge is 0.493 e. The van der Waals surface area contributed by atoms with Gasteiger partial charge in [0.1, 0.15) is 11.6 Å². The molecule has 5 nitrogen and oxygen atoms in total. The van der Waals surface area contributed by atoms with Crippen LogP contribution in [-0.2, 0) is 13.5 Å². The van der Waals surface area contributed by atoms with Crippen molar-refractivity contribution < 1.29 is 4.74 Å². The second kappa shape index (κ2) is 8.84. The van der Waals surface area contributed by atoms with Crippen LogP contribution in [0.1, 0.15) is 5.82 Å². The molecule has 0 bridgehead atoms. The molecule has 1 heterocycles. The number of nitrogens with two attached hydrogens (primary N) is 1. The van der Waals surface area contributed by atoms with E-state index in [0.29, 0.717) is 13.2 Å². The molecule has 1 aromatic carbocycles.